The Morgan fingerprint density at radius 2 is 2.14 bits per heavy atom. The minimum absolute atomic E-state index is 0.366. The average Bonchev–Trinajstić information content (AvgIpc) is 2.48. The maximum atomic E-state index is 4.78. The van der Waals surface area contributed by atoms with Gasteiger partial charge >= 0.3 is 0 Å². The van der Waals surface area contributed by atoms with E-state index in [2.05, 4.69) is 47.9 Å². The molecule has 0 aromatic carbocycles. The predicted octanol–water partition coefficient (Wildman–Crippen LogP) is 1.85. The van der Waals surface area contributed by atoms with Crippen LogP contribution in [0.15, 0.2) is 6.20 Å². The highest BCUT2D eigenvalue weighted by atomic mass is 15.3. The molecule has 5 nitrogen and oxygen atoms in total. The summed E-state index contributed by atoms with van der Waals surface area (Å²) in [4.78, 5) is 14.3. The quantitative estimate of drug-likeness (QED) is 0.897. The van der Waals surface area contributed by atoms with Crippen LogP contribution in [0.25, 0.3) is 0 Å². The van der Waals surface area contributed by atoms with Gasteiger partial charge in [-0.25, -0.2) is 9.97 Å². The Bertz CT molecular complexity index is 460. The first-order valence-corrected chi connectivity index (χ1v) is 8.02. The van der Waals surface area contributed by atoms with E-state index in [-0.39, 0.29) is 0 Å². The molecule has 1 atom stereocenters. The van der Waals surface area contributed by atoms with Crippen molar-refractivity contribution >= 4 is 5.69 Å². The molecule has 1 fully saturated rings. The van der Waals surface area contributed by atoms with Gasteiger partial charge < -0.3 is 10.2 Å². The van der Waals surface area contributed by atoms with Crippen LogP contribution in [-0.2, 0) is 6.54 Å². The average molecular weight is 291 g/mol. The molecule has 1 N–H and O–H groups in total. The van der Waals surface area contributed by atoms with Crippen LogP contribution >= 0.6 is 0 Å². The van der Waals surface area contributed by atoms with E-state index in [1.165, 1.54) is 12.1 Å². The summed E-state index contributed by atoms with van der Waals surface area (Å²) in [6.07, 6.45) is 3.20. The molecule has 1 aliphatic rings. The summed E-state index contributed by atoms with van der Waals surface area (Å²) in [5, 5.41) is 3.24. The van der Waals surface area contributed by atoms with Gasteiger partial charge in [-0.3, -0.25) is 4.90 Å². The normalized spacial score (nSPS) is 20.3. The molecule has 1 aromatic heterocycles. The smallest absolute Gasteiger partial charge is 0.131 e. The minimum atomic E-state index is 0.366. The summed E-state index contributed by atoms with van der Waals surface area (Å²) in [5.41, 5.74) is 2.32. The van der Waals surface area contributed by atoms with Crippen LogP contribution < -0.4 is 10.2 Å². The number of likely N-dealkylation sites (N-methyl/N-ethyl adjacent to an activating group) is 1. The number of nitrogens with zero attached hydrogens (tertiary/aromatic N) is 4. The van der Waals surface area contributed by atoms with Crippen molar-refractivity contribution in [3.05, 3.63) is 17.7 Å². The van der Waals surface area contributed by atoms with Crippen molar-refractivity contribution in [3.63, 3.8) is 0 Å². The Hall–Kier alpha value is -1.20. The van der Waals surface area contributed by atoms with E-state index < -0.39 is 0 Å². The summed E-state index contributed by atoms with van der Waals surface area (Å²) in [7, 11) is 4.19. The second kappa shape index (κ2) is 7.18. The summed E-state index contributed by atoms with van der Waals surface area (Å²) in [5.74, 6) is 1.30. The van der Waals surface area contributed by atoms with E-state index in [0.717, 1.165) is 37.7 Å². The van der Waals surface area contributed by atoms with E-state index in [0.29, 0.717) is 12.0 Å². The Labute approximate surface area is 128 Å². The number of piperazine rings is 1. The first kappa shape index (κ1) is 16.2. The zero-order valence-electron chi connectivity index (χ0n) is 14.1. The van der Waals surface area contributed by atoms with Gasteiger partial charge in [0, 0.05) is 38.1 Å². The zero-order valence-corrected chi connectivity index (χ0v) is 14.1. The molecule has 0 saturated carbocycles. The molecular formula is C16H29N5. The van der Waals surface area contributed by atoms with Crippen LogP contribution in [0.2, 0.25) is 0 Å². The second-order valence-corrected chi connectivity index (χ2v) is 6.23. The van der Waals surface area contributed by atoms with Crippen molar-refractivity contribution in [2.45, 2.75) is 45.7 Å². The Morgan fingerprint density at radius 3 is 2.76 bits per heavy atom. The molecule has 0 radical (unpaired) electrons. The highest BCUT2D eigenvalue weighted by Gasteiger charge is 2.25. The third kappa shape index (κ3) is 3.71. The van der Waals surface area contributed by atoms with Crippen molar-refractivity contribution in [1.29, 1.82) is 0 Å². The van der Waals surface area contributed by atoms with Crippen molar-refractivity contribution in [2.75, 3.05) is 38.6 Å². The minimum Gasteiger partial charge on any atom is -0.366 e. The lowest BCUT2D eigenvalue weighted by atomic mass is 10.1. The van der Waals surface area contributed by atoms with E-state index in [9.17, 15) is 0 Å². The predicted molar refractivity (Wildman–Crippen MR) is 87.8 cm³/mol. The molecular weight excluding hydrogens is 262 g/mol. The van der Waals surface area contributed by atoms with Crippen LogP contribution in [0.5, 0.6) is 0 Å². The molecule has 2 heterocycles. The number of rotatable bonds is 5. The second-order valence-electron chi connectivity index (χ2n) is 6.23. The van der Waals surface area contributed by atoms with Gasteiger partial charge in [0.15, 0.2) is 0 Å². The van der Waals surface area contributed by atoms with Crippen LogP contribution in [0.3, 0.4) is 0 Å². The number of nitrogens with one attached hydrogen (secondary N) is 1. The van der Waals surface area contributed by atoms with Crippen molar-refractivity contribution in [1.82, 2.24) is 20.2 Å². The monoisotopic (exact) mass is 291 g/mol. The van der Waals surface area contributed by atoms with Gasteiger partial charge in [-0.2, -0.15) is 0 Å². The molecule has 1 aliphatic heterocycles. The number of hydrogen-bond donors (Lipinski definition) is 1. The van der Waals surface area contributed by atoms with Crippen molar-refractivity contribution in [2.24, 2.45) is 0 Å². The van der Waals surface area contributed by atoms with Gasteiger partial charge in [0.1, 0.15) is 5.82 Å². The van der Waals surface area contributed by atoms with Crippen molar-refractivity contribution in [3.8, 4) is 0 Å². The molecule has 0 spiro atoms. The highest BCUT2D eigenvalue weighted by Crippen LogP contribution is 2.23. The molecule has 1 unspecified atom stereocenters. The van der Waals surface area contributed by atoms with Gasteiger partial charge in [-0.1, -0.05) is 20.8 Å². The van der Waals surface area contributed by atoms with E-state index in [1.807, 2.05) is 13.2 Å². The maximum Gasteiger partial charge on any atom is 0.131 e. The SMILES string of the molecule is CCC1CN(c2cnc(C(C)C)nc2CNC)CCN1C. The molecule has 21 heavy (non-hydrogen) atoms. The van der Waals surface area contributed by atoms with Gasteiger partial charge in [0.25, 0.3) is 0 Å². The van der Waals surface area contributed by atoms with Crippen molar-refractivity contribution < 1.29 is 0 Å². The topological polar surface area (TPSA) is 44.3 Å². The van der Waals surface area contributed by atoms with Gasteiger partial charge in [0.05, 0.1) is 17.6 Å². The first-order chi connectivity index (χ1) is 10.1. The van der Waals surface area contributed by atoms with Gasteiger partial charge in [-0.15, -0.1) is 0 Å². The van der Waals surface area contributed by atoms with Gasteiger partial charge in [0.2, 0.25) is 0 Å². The molecule has 2 rings (SSSR count). The first-order valence-electron chi connectivity index (χ1n) is 8.02. The molecule has 0 amide bonds. The lowest BCUT2D eigenvalue weighted by molar-refractivity contribution is 0.213. The third-order valence-electron chi connectivity index (χ3n) is 4.31. The van der Waals surface area contributed by atoms with Crippen LogP contribution in [0.4, 0.5) is 5.69 Å². The number of anilines is 1. The Kier molecular flexibility index (Phi) is 5.53. The van der Waals surface area contributed by atoms with E-state index in [4.69, 9.17) is 4.98 Å². The molecule has 5 heteroatoms. The molecule has 0 bridgehead atoms. The lowest BCUT2D eigenvalue weighted by Gasteiger charge is -2.40. The highest BCUT2D eigenvalue weighted by molar-refractivity contribution is 5.50. The summed E-state index contributed by atoms with van der Waals surface area (Å²) >= 11 is 0. The molecule has 0 aliphatic carbocycles. The molecule has 1 aromatic rings. The summed E-state index contributed by atoms with van der Waals surface area (Å²) in [6, 6.07) is 0.617. The fourth-order valence-corrected chi connectivity index (χ4v) is 2.87. The maximum absolute atomic E-state index is 4.78. The Morgan fingerprint density at radius 1 is 1.38 bits per heavy atom. The summed E-state index contributed by atoms with van der Waals surface area (Å²) < 4.78 is 0. The standard InChI is InChI=1S/C16H29N5/c1-6-13-11-21(8-7-20(13)5)15-10-18-16(12(2)3)19-14(15)9-17-4/h10,12-13,17H,6-9,11H2,1-5H3. The van der Waals surface area contributed by atoms with Crippen LogP contribution in [0.1, 0.15) is 44.6 Å². The molecule has 118 valence electrons. The fourth-order valence-electron chi connectivity index (χ4n) is 2.87. The van der Waals surface area contributed by atoms with E-state index >= 15 is 0 Å². The third-order valence-corrected chi connectivity index (χ3v) is 4.31. The van der Waals surface area contributed by atoms with Crippen LogP contribution in [-0.4, -0.2) is 54.6 Å². The van der Waals surface area contributed by atoms with Crippen LogP contribution in [0, 0.1) is 0 Å². The fraction of sp³-hybridized carbons (Fsp3) is 0.750. The lowest BCUT2D eigenvalue weighted by Crippen LogP contribution is -2.51. The van der Waals surface area contributed by atoms with Gasteiger partial charge in [-0.05, 0) is 20.5 Å². The zero-order chi connectivity index (χ0) is 15.4. The Balaban J connectivity index is 2.25. The number of hydrogen-bond acceptors (Lipinski definition) is 5. The number of aromatic nitrogens is 2. The summed E-state index contributed by atoms with van der Waals surface area (Å²) in [6.45, 7) is 10.5. The molecule has 1 saturated heterocycles. The van der Waals surface area contributed by atoms with E-state index in [1.54, 1.807) is 0 Å². The largest absolute Gasteiger partial charge is 0.366 e.